The maximum atomic E-state index is 5.83. The van der Waals surface area contributed by atoms with Gasteiger partial charge in [0.05, 0.1) is 0 Å². The van der Waals surface area contributed by atoms with Gasteiger partial charge in [0, 0.05) is 22.3 Å². The molecule has 0 bridgehead atoms. The molecule has 0 amide bonds. The highest BCUT2D eigenvalue weighted by atomic mass is 35.5. The molecular formula is C13H10ClN3. The minimum Gasteiger partial charge on any atom is -0.346 e. The first-order valence-corrected chi connectivity index (χ1v) is 5.66. The Labute approximate surface area is 103 Å². The molecule has 0 aliphatic heterocycles. The van der Waals surface area contributed by atoms with Gasteiger partial charge in [0.25, 0.3) is 0 Å². The smallest absolute Gasteiger partial charge is 0.139 e. The Morgan fingerprint density at radius 1 is 1.00 bits per heavy atom. The van der Waals surface area contributed by atoms with Crippen molar-refractivity contribution in [2.75, 3.05) is 5.32 Å². The number of benzene rings is 1. The number of hydrogen-bond donors (Lipinski definition) is 2. The molecule has 0 spiro atoms. The molecule has 2 heterocycles. The third-order valence-electron chi connectivity index (χ3n) is 2.53. The van der Waals surface area contributed by atoms with Crippen LogP contribution in [0.3, 0.4) is 0 Å². The number of pyridine rings is 1. The summed E-state index contributed by atoms with van der Waals surface area (Å²) in [7, 11) is 0. The van der Waals surface area contributed by atoms with E-state index in [-0.39, 0.29) is 0 Å². The summed E-state index contributed by atoms with van der Waals surface area (Å²) in [5.74, 6) is 0.808. The summed E-state index contributed by atoms with van der Waals surface area (Å²) in [6.45, 7) is 0. The molecule has 0 saturated heterocycles. The maximum absolute atomic E-state index is 5.83. The van der Waals surface area contributed by atoms with Crippen molar-refractivity contribution in [3.8, 4) is 0 Å². The van der Waals surface area contributed by atoms with Gasteiger partial charge in [0.1, 0.15) is 11.5 Å². The van der Waals surface area contributed by atoms with Crippen LogP contribution < -0.4 is 5.32 Å². The number of nitrogens with one attached hydrogen (secondary N) is 2. The summed E-state index contributed by atoms with van der Waals surface area (Å²) in [5, 5.41) is 5.05. The molecular weight excluding hydrogens is 234 g/mol. The first-order valence-electron chi connectivity index (χ1n) is 5.28. The Kier molecular flexibility index (Phi) is 2.46. The van der Waals surface area contributed by atoms with E-state index in [9.17, 15) is 0 Å². The number of fused-ring (bicyclic) bond motifs is 1. The number of rotatable bonds is 2. The number of anilines is 2. The predicted molar refractivity (Wildman–Crippen MR) is 70.8 cm³/mol. The Hall–Kier alpha value is -2.00. The van der Waals surface area contributed by atoms with Crippen molar-refractivity contribution in [1.29, 1.82) is 0 Å². The predicted octanol–water partition coefficient (Wildman–Crippen LogP) is 3.96. The molecule has 4 heteroatoms. The summed E-state index contributed by atoms with van der Waals surface area (Å²) >= 11 is 5.83. The quantitative estimate of drug-likeness (QED) is 0.715. The van der Waals surface area contributed by atoms with E-state index in [1.165, 1.54) is 0 Å². The zero-order chi connectivity index (χ0) is 11.7. The van der Waals surface area contributed by atoms with Gasteiger partial charge in [-0.25, -0.2) is 4.98 Å². The Morgan fingerprint density at radius 3 is 2.65 bits per heavy atom. The molecule has 17 heavy (non-hydrogen) atoms. The number of aromatic amines is 1. The summed E-state index contributed by atoms with van der Waals surface area (Å²) < 4.78 is 0. The minimum atomic E-state index is 0.725. The average molecular weight is 244 g/mol. The summed E-state index contributed by atoms with van der Waals surface area (Å²) in [4.78, 5) is 7.54. The number of nitrogens with zero attached hydrogens (tertiary/aromatic N) is 1. The largest absolute Gasteiger partial charge is 0.346 e. The average Bonchev–Trinajstić information content (AvgIpc) is 2.79. The van der Waals surface area contributed by atoms with Crippen molar-refractivity contribution in [3.63, 3.8) is 0 Å². The van der Waals surface area contributed by atoms with Crippen LogP contribution >= 0.6 is 11.6 Å². The van der Waals surface area contributed by atoms with Crippen LogP contribution in [0.5, 0.6) is 0 Å². The Bertz CT molecular complexity index is 643. The molecule has 0 atom stereocenters. The van der Waals surface area contributed by atoms with Crippen molar-refractivity contribution < 1.29 is 0 Å². The number of H-pyrrole nitrogens is 1. The zero-order valence-electron chi connectivity index (χ0n) is 8.94. The highest BCUT2D eigenvalue weighted by molar-refractivity contribution is 6.30. The van der Waals surface area contributed by atoms with Gasteiger partial charge >= 0.3 is 0 Å². The topological polar surface area (TPSA) is 40.7 Å². The zero-order valence-corrected chi connectivity index (χ0v) is 9.70. The first kappa shape index (κ1) is 10.2. The SMILES string of the molecule is Clc1ccc(Nc2ccc3cc[nH]c3n2)cc1. The van der Waals surface area contributed by atoms with Gasteiger partial charge in [-0.15, -0.1) is 0 Å². The molecule has 84 valence electrons. The second-order valence-corrected chi connectivity index (χ2v) is 4.18. The fourth-order valence-corrected chi connectivity index (χ4v) is 1.81. The van der Waals surface area contributed by atoms with Crippen LogP contribution in [0.1, 0.15) is 0 Å². The third kappa shape index (κ3) is 2.10. The van der Waals surface area contributed by atoms with Gasteiger partial charge in [-0.3, -0.25) is 0 Å². The Balaban J connectivity index is 1.91. The standard InChI is InChI=1S/C13H10ClN3/c14-10-2-4-11(5-3-10)16-12-6-1-9-7-8-15-13(9)17-12/h1-8H,(H2,15,16,17). The molecule has 0 aliphatic carbocycles. The van der Waals surface area contributed by atoms with Gasteiger partial charge in [0.2, 0.25) is 0 Å². The second kappa shape index (κ2) is 4.11. The van der Waals surface area contributed by atoms with Crippen LogP contribution in [0.25, 0.3) is 11.0 Å². The molecule has 3 nitrogen and oxygen atoms in total. The lowest BCUT2D eigenvalue weighted by atomic mass is 10.3. The van der Waals surface area contributed by atoms with Crippen molar-refractivity contribution in [3.05, 3.63) is 53.7 Å². The van der Waals surface area contributed by atoms with E-state index in [2.05, 4.69) is 15.3 Å². The highest BCUT2D eigenvalue weighted by Crippen LogP contribution is 2.19. The summed E-state index contributed by atoms with van der Waals surface area (Å²) in [6, 6.07) is 13.5. The van der Waals surface area contributed by atoms with Crippen molar-refractivity contribution in [1.82, 2.24) is 9.97 Å². The number of aromatic nitrogens is 2. The van der Waals surface area contributed by atoms with Crippen LogP contribution in [-0.2, 0) is 0 Å². The molecule has 0 aliphatic rings. The monoisotopic (exact) mass is 243 g/mol. The number of hydrogen-bond acceptors (Lipinski definition) is 2. The first-order chi connectivity index (χ1) is 8.31. The van der Waals surface area contributed by atoms with Gasteiger partial charge in [-0.1, -0.05) is 11.6 Å². The fraction of sp³-hybridized carbons (Fsp3) is 0. The molecule has 3 rings (SSSR count). The normalized spacial score (nSPS) is 10.6. The maximum Gasteiger partial charge on any atom is 0.139 e. The van der Waals surface area contributed by atoms with Crippen LogP contribution in [0.2, 0.25) is 5.02 Å². The number of halogens is 1. The van der Waals surface area contributed by atoms with Gasteiger partial charge in [0.15, 0.2) is 0 Å². The van der Waals surface area contributed by atoms with Crippen LogP contribution in [0.15, 0.2) is 48.7 Å². The molecule has 0 radical (unpaired) electrons. The molecule has 0 fully saturated rings. The van der Waals surface area contributed by atoms with Gasteiger partial charge in [-0.05, 0) is 42.5 Å². The van der Waals surface area contributed by atoms with Crippen LogP contribution in [0.4, 0.5) is 11.5 Å². The van der Waals surface area contributed by atoms with Crippen molar-refractivity contribution in [2.45, 2.75) is 0 Å². The molecule has 2 aromatic heterocycles. The van der Waals surface area contributed by atoms with E-state index < -0.39 is 0 Å². The lowest BCUT2D eigenvalue weighted by molar-refractivity contribution is 1.31. The molecule has 1 aromatic carbocycles. The molecule has 0 saturated carbocycles. The van der Waals surface area contributed by atoms with E-state index in [0.29, 0.717) is 0 Å². The second-order valence-electron chi connectivity index (χ2n) is 3.74. The summed E-state index contributed by atoms with van der Waals surface area (Å²) in [5.41, 5.74) is 1.84. The fourth-order valence-electron chi connectivity index (χ4n) is 1.68. The Morgan fingerprint density at radius 2 is 1.82 bits per heavy atom. The summed E-state index contributed by atoms with van der Waals surface area (Å²) in [6.07, 6.45) is 1.88. The lowest BCUT2D eigenvalue weighted by Gasteiger charge is -2.05. The van der Waals surface area contributed by atoms with E-state index in [1.807, 2.05) is 48.7 Å². The third-order valence-corrected chi connectivity index (χ3v) is 2.78. The van der Waals surface area contributed by atoms with Gasteiger partial charge in [-0.2, -0.15) is 0 Å². The van der Waals surface area contributed by atoms with E-state index in [4.69, 9.17) is 11.6 Å². The van der Waals surface area contributed by atoms with E-state index >= 15 is 0 Å². The lowest BCUT2D eigenvalue weighted by Crippen LogP contribution is -1.92. The molecule has 0 unspecified atom stereocenters. The molecule has 2 N–H and O–H groups in total. The molecule has 3 aromatic rings. The van der Waals surface area contributed by atoms with E-state index in [1.54, 1.807) is 0 Å². The van der Waals surface area contributed by atoms with Crippen molar-refractivity contribution >= 4 is 34.1 Å². The van der Waals surface area contributed by atoms with Crippen LogP contribution in [-0.4, -0.2) is 9.97 Å². The van der Waals surface area contributed by atoms with Crippen molar-refractivity contribution in [2.24, 2.45) is 0 Å². The highest BCUT2D eigenvalue weighted by Gasteiger charge is 1.99. The minimum absolute atomic E-state index is 0.725. The van der Waals surface area contributed by atoms with Gasteiger partial charge < -0.3 is 10.3 Å². The van der Waals surface area contributed by atoms with Crippen LogP contribution in [0, 0.1) is 0 Å². The van der Waals surface area contributed by atoms with E-state index in [0.717, 1.165) is 27.6 Å².